The summed E-state index contributed by atoms with van der Waals surface area (Å²) in [6, 6.07) is 0.379. The summed E-state index contributed by atoms with van der Waals surface area (Å²) in [6.07, 6.45) is 7.09. The maximum atomic E-state index is 11.8. The van der Waals surface area contributed by atoms with Crippen molar-refractivity contribution in [3.8, 4) is 0 Å². The van der Waals surface area contributed by atoms with E-state index in [1.54, 1.807) is 0 Å². The monoisotopic (exact) mass is 225 g/mol. The van der Waals surface area contributed by atoms with Gasteiger partial charge in [-0.05, 0) is 25.7 Å². The largest absolute Gasteiger partial charge is 0.396 e. The zero-order chi connectivity index (χ0) is 11.5. The molecule has 0 aromatic carbocycles. The fraction of sp³-hybridized carbons (Fsp3) is 0.923. The van der Waals surface area contributed by atoms with Crippen LogP contribution in [-0.2, 0) is 4.79 Å². The van der Waals surface area contributed by atoms with Gasteiger partial charge >= 0.3 is 0 Å². The molecule has 1 aliphatic carbocycles. The average Bonchev–Trinajstić information content (AvgIpc) is 2.71. The van der Waals surface area contributed by atoms with Crippen LogP contribution in [0.5, 0.6) is 0 Å². The number of aliphatic hydroxyl groups is 1. The molecular weight excluding hydrogens is 202 g/mol. The van der Waals surface area contributed by atoms with E-state index in [1.165, 1.54) is 32.1 Å². The van der Waals surface area contributed by atoms with E-state index in [0.717, 1.165) is 6.54 Å². The second kappa shape index (κ2) is 5.17. The van der Waals surface area contributed by atoms with Crippen LogP contribution in [0.25, 0.3) is 0 Å². The first-order valence-corrected chi connectivity index (χ1v) is 6.62. The highest BCUT2D eigenvalue weighted by atomic mass is 16.3. The van der Waals surface area contributed by atoms with Gasteiger partial charge in [-0.3, -0.25) is 4.79 Å². The molecule has 0 aromatic rings. The van der Waals surface area contributed by atoms with Gasteiger partial charge in [0.15, 0.2) is 0 Å². The van der Waals surface area contributed by atoms with Crippen molar-refractivity contribution >= 4 is 5.91 Å². The Balaban J connectivity index is 1.93. The third-order valence-electron chi connectivity index (χ3n) is 4.32. The van der Waals surface area contributed by atoms with E-state index in [0.29, 0.717) is 18.4 Å². The molecule has 2 rings (SSSR count). The standard InChI is InChI=1S/C13H23NO2/c1-10(12-5-3-2-4-6-12)14-8-11(9-15)7-13(14)16/h10-12,15H,2-9H2,1H3. The normalized spacial score (nSPS) is 29.8. The van der Waals surface area contributed by atoms with Gasteiger partial charge in [0.05, 0.1) is 0 Å². The number of carbonyl (C=O) groups excluding carboxylic acids is 1. The van der Waals surface area contributed by atoms with E-state index < -0.39 is 0 Å². The minimum atomic E-state index is 0.152. The van der Waals surface area contributed by atoms with Gasteiger partial charge in [-0.25, -0.2) is 0 Å². The molecule has 3 heteroatoms. The highest BCUT2D eigenvalue weighted by molar-refractivity contribution is 5.79. The van der Waals surface area contributed by atoms with Crippen LogP contribution in [0.3, 0.4) is 0 Å². The Morgan fingerprint density at radius 3 is 2.62 bits per heavy atom. The summed E-state index contributed by atoms with van der Waals surface area (Å²) in [5.74, 6) is 1.12. The van der Waals surface area contributed by atoms with E-state index >= 15 is 0 Å². The molecule has 16 heavy (non-hydrogen) atoms. The number of nitrogens with zero attached hydrogens (tertiary/aromatic N) is 1. The Kier molecular flexibility index (Phi) is 3.85. The molecule has 1 heterocycles. The fourth-order valence-electron chi connectivity index (χ4n) is 3.20. The molecule has 2 atom stereocenters. The quantitative estimate of drug-likeness (QED) is 0.795. The lowest BCUT2D eigenvalue weighted by atomic mass is 9.84. The van der Waals surface area contributed by atoms with Crippen molar-refractivity contribution in [1.82, 2.24) is 4.90 Å². The van der Waals surface area contributed by atoms with Crippen LogP contribution in [0.15, 0.2) is 0 Å². The van der Waals surface area contributed by atoms with Gasteiger partial charge in [-0.1, -0.05) is 19.3 Å². The van der Waals surface area contributed by atoms with Gasteiger partial charge in [0, 0.05) is 31.5 Å². The maximum absolute atomic E-state index is 11.8. The molecule has 92 valence electrons. The molecule has 3 nitrogen and oxygen atoms in total. The van der Waals surface area contributed by atoms with E-state index in [9.17, 15) is 4.79 Å². The van der Waals surface area contributed by atoms with Gasteiger partial charge in [-0.15, -0.1) is 0 Å². The summed E-state index contributed by atoms with van der Waals surface area (Å²) in [7, 11) is 0. The molecule has 0 bridgehead atoms. The van der Waals surface area contributed by atoms with Gasteiger partial charge in [0.1, 0.15) is 0 Å². The van der Waals surface area contributed by atoms with Crippen LogP contribution >= 0.6 is 0 Å². The van der Waals surface area contributed by atoms with Crippen LogP contribution in [0, 0.1) is 11.8 Å². The van der Waals surface area contributed by atoms with Gasteiger partial charge in [0.2, 0.25) is 5.91 Å². The zero-order valence-electron chi connectivity index (χ0n) is 10.2. The van der Waals surface area contributed by atoms with Crippen molar-refractivity contribution < 1.29 is 9.90 Å². The SMILES string of the molecule is CC(C1CCCCC1)N1CC(CO)CC1=O. The third kappa shape index (κ3) is 2.40. The molecule has 2 fully saturated rings. The molecule has 1 aliphatic heterocycles. The number of likely N-dealkylation sites (tertiary alicyclic amines) is 1. The van der Waals surface area contributed by atoms with Crippen LogP contribution in [0.4, 0.5) is 0 Å². The predicted molar refractivity (Wildman–Crippen MR) is 62.9 cm³/mol. The number of amides is 1. The number of aliphatic hydroxyl groups excluding tert-OH is 1. The minimum absolute atomic E-state index is 0.152. The third-order valence-corrected chi connectivity index (χ3v) is 4.32. The lowest BCUT2D eigenvalue weighted by molar-refractivity contribution is -0.130. The van der Waals surface area contributed by atoms with Crippen LogP contribution in [-0.4, -0.2) is 35.1 Å². The fourth-order valence-corrected chi connectivity index (χ4v) is 3.20. The van der Waals surface area contributed by atoms with E-state index in [4.69, 9.17) is 5.11 Å². The Morgan fingerprint density at radius 2 is 2.06 bits per heavy atom. The topological polar surface area (TPSA) is 40.5 Å². The molecule has 1 amide bonds. The summed E-state index contributed by atoms with van der Waals surface area (Å²) in [4.78, 5) is 13.9. The van der Waals surface area contributed by atoms with Crippen molar-refractivity contribution in [3.63, 3.8) is 0 Å². The Morgan fingerprint density at radius 1 is 1.38 bits per heavy atom. The second-order valence-corrected chi connectivity index (χ2v) is 5.44. The smallest absolute Gasteiger partial charge is 0.223 e. The first kappa shape index (κ1) is 11.9. The number of carbonyl (C=O) groups is 1. The highest BCUT2D eigenvalue weighted by Crippen LogP contribution is 2.31. The summed E-state index contributed by atoms with van der Waals surface area (Å²) in [5.41, 5.74) is 0. The molecular formula is C13H23NO2. The van der Waals surface area contributed by atoms with E-state index in [2.05, 4.69) is 6.92 Å². The van der Waals surface area contributed by atoms with Crippen LogP contribution in [0.2, 0.25) is 0 Å². The minimum Gasteiger partial charge on any atom is -0.396 e. The highest BCUT2D eigenvalue weighted by Gasteiger charge is 2.35. The Bertz CT molecular complexity index is 248. The van der Waals surface area contributed by atoms with Gasteiger partial charge in [-0.2, -0.15) is 0 Å². The number of rotatable bonds is 3. The van der Waals surface area contributed by atoms with Crippen LogP contribution in [0.1, 0.15) is 45.4 Å². The summed E-state index contributed by atoms with van der Waals surface area (Å²) >= 11 is 0. The molecule has 2 aliphatic rings. The Hall–Kier alpha value is -0.570. The zero-order valence-corrected chi connectivity index (χ0v) is 10.2. The van der Waals surface area contributed by atoms with Gasteiger partial charge < -0.3 is 10.0 Å². The number of hydrogen-bond donors (Lipinski definition) is 1. The molecule has 0 aromatic heterocycles. The first-order valence-electron chi connectivity index (χ1n) is 6.62. The molecule has 0 spiro atoms. The van der Waals surface area contributed by atoms with Gasteiger partial charge in [0.25, 0.3) is 0 Å². The summed E-state index contributed by atoms with van der Waals surface area (Å²) in [6.45, 7) is 3.11. The van der Waals surface area contributed by atoms with Crippen molar-refractivity contribution in [3.05, 3.63) is 0 Å². The van der Waals surface area contributed by atoms with Crippen molar-refractivity contribution in [2.24, 2.45) is 11.8 Å². The summed E-state index contributed by atoms with van der Waals surface area (Å²) < 4.78 is 0. The molecule has 1 saturated heterocycles. The van der Waals surface area contributed by atoms with Crippen molar-refractivity contribution in [1.29, 1.82) is 0 Å². The van der Waals surface area contributed by atoms with Crippen molar-refractivity contribution in [2.75, 3.05) is 13.2 Å². The Labute approximate surface area is 97.8 Å². The van der Waals surface area contributed by atoms with Crippen LogP contribution < -0.4 is 0 Å². The molecule has 0 radical (unpaired) electrons. The average molecular weight is 225 g/mol. The molecule has 2 unspecified atom stereocenters. The second-order valence-electron chi connectivity index (χ2n) is 5.44. The lowest BCUT2D eigenvalue weighted by Crippen LogP contribution is -2.40. The van der Waals surface area contributed by atoms with Crippen molar-refractivity contribution in [2.45, 2.75) is 51.5 Å². The molecule has 1 N–H and O–H groups in total. The van der Waals surface area contributed by atoms with E-state index in [-0.39, 0.29) is 18.4 Å². The lowest BCUT2D eigenvalue weighted by Gasteiger charge is -2.34. The maximum Gasteiger partial charge on any atom is 0.223 e. The molecule has 1 saturated carbocycles. The summed E-state index contributed by atoms with van der Waals surface area (Å²) in [5, 5.41) is 9.11. The predicted octanol–water partition coefficient (Wildman–Crippen LogP) is 1.80. The number of hydrogen-bond acceptors (Lipinski definition) is 2. The first-order chi connectivity index (χ1) is 7.72. The van der Waals surface area contributed by atoms with E-state index in [1.807, 2.05) is 4.90 Å².